The second-order valence-electron chi connectivity index (χ2n) is 6.37. The van der Waals surface area contributed by atoms with E-state index in [0.717, 1.165) is 13.0 Å². The normalized spacial score (nSPS) is 12.3. The molecule has 0 fully saturated rings. The summed E-state index contributed by atoms with van der Waals surface area (Å²) in [4.78, 5) is 0. The van der Waals surface area contributed by atoms with Crippen molar-refractivity contribution in [1.29, 1.82) is 0 Å². The molecule has 0 aromatic heterocycles. The van der Waals surface area contributed by atoms with E-state index in [1.807, 2.05) is 0 Å². The summed E-state index contributed by atoms with van der Waals surface area (Å²) in [5.74, 6) is 0.678. The first kappa shape index (κ1) is 16.5. The van der Waals surface area contributed by atoms with Crippen LogP contribution < -0.4 is 5.32 Å². The van der Waals surface area contributed by atoms with Crippen LogP contribution in [0.2, 0.25) is 0 Å². The van der Waals surface area contributed by atoms with Crippen molar-refractivity contribution in [2.24, 2.45) is 5.92 Å². The maximum absolute atomic E-state index is 4.29. The summed E-state index contributed by atoms with van der Waals surface area (Å²) in [6.07, 6.45) is 2.16. The van der Waals surface area contributed by atoms with Gasteiger partial charge in [-0.3, -0.25) is 0 Å². The van der Waals surface area contributed by atoms with Crippen molar-refractivity contribution in [3.8, 4) is 0 Å². The van der Waals surface area contributed by atoms with E-state index in [4.69, 9.17) is 0 Å². The van der Waals surface area contributed by atoms with Crippen LogP contribution in [0.5, 0.6) is 0 Å². The summed E-state index contributed by atoms with van der Waals surface area (Å²) in [6.45, 7) is 9.76. The molecule has 0 aliphatic rings. The second-order valence-corrected chi connectivity index (χ2v) is 6.37. The van der Waals surface area contributed by atoms with Crippen molar-refractivity contribution < 1.29 is 0 Å². The van der Waals surface area contributed by atoms with Gasteiger partial charge in [0.25, 0.3) is 0 Å². The summed E-state index contributed by atoms with van der Waals surface area (Å²) in [5, 5.41) is 3.71. The molecule has 1 nitrogen and oxygen atoms in total. The van der Waals surface area contributed by atoms with E-state index in [0.29, 0.717) is 12.0 Å². The smallest absolute Gasteiger partial charge is 0.0208 e. The SMILES string of the molecule is C=C(C[C@H](CC(C)C)NCc1ccccc1)c1ccccc1. The van der Waals surface area contributed by atoms with E-state index in [1.54, 1.807) is 0 Å². The zero-order valence-electron chi connectivity index (χ0n) is 13.8. The van der Waals surface area contributed by atoms with Gasteiger partial charge in [-0.1, -0.05) is 81.1 Å². The molecule has 0 amide bonds. The van der Waals surface area contributed by atoms with E-state index < -0.39 is 0 Å². The fraction of sp³-hybridized carbons (Fsp3) is 0.333. The lowest BCUT2D eigenvalue weighted by atomic mass is 9.94. The molecule has 0 radical (unpaired) electrons. The van der Waals surface area contributed by atoms with Gasteiger partial charge in [-0.05, 0) is 35.5 Å². The minimum absolute atomic E-state index is 0.466. The average molecular weight is 293 g/mol. The predicted molar refractivity (Wildman–Crippen MR) is 96.6 cm³/mol. The third-order valence-corrected chi connectivity index (χ3v) is 3.87. The number of hydrogen-bond donors (Lipinski definition) is 1. The number of benzene rings is 2. The minimum atomic E-state index is 0.466. The molecule has 0 aliphatic heterocycles. The number of nitrogens with one attached hydrogen (secondary N) is 1. The van der Waals surface area contributed by atoms with Crippen molar-refractivity contribution >= 4 is 5.57 Å². The van der Waals surface area contributed by atoms with Crippen molar-refractivity contribution in [1.82, 2.24) is 5.32 Å². The van der Waals surface area contributed by atoms with Gasteiger partial charge in [0.05, 0.1) is 0 Å². The van der Waals surface area contributed by atoms with E-state index >= 15 is 0 Å². The van der Waals surface area contributed by atoms with Crippen LogP contribution in [-0.4, -0.2) is 6.04 Å². The Balaban J connectivity index is 1.95. The average Bonchev–Trinajstić information content (AvgIpc) is 2.54. The molecule has 1 atom stereocenters. The van der Waals surface area contributed by atoms with Gasteiger partial charge < -0.3 is 5.32 Å². The van der Waals surface area contributed by atoms with Crippen LogP contribution in [0.25, 0.3) is 5.57 Å². The van der Waals surface area contributed by atoms with Gasteiger partial charge in [0.2, 0.25) is 0 Å². The van der Waals surface area contributed by atoms with Crippen LogP contribution in [0.15, 0.2) is 67.2 Å². The minimum Gasteiger partial charge on any atom is -0.310 e. The van der Waals surface area contributed by atoms with Gasteiger partial charge >= 0.3 is 0 Å². The first-order valence-corrected chi connectivity index (χ1v) is 8.15. The van der Waals surface area contributed by atoms with Crippen molar-refractivity contribution in [3.63, 3.8) is 0 Å². The molecular formula is C21H27N. The van der Waals surface area contributed by atoms with Gasteiger partial charge in [0.15, 0.2) is 0 Å². The summed E-state index contributed by atoms with van der Waals surface area (Å²) in [5.41, 5.74) is 3.80. The summed E-state index contributed by atoms with van der Waals surface area (Å²) in [6, 6.07) is 21.6. The topological polar surface area (TPSA) is 12.0 Å². The third-order valence-electron chi connectivity index (χ3n) is 3.87. The third kappa shape index (κ3) is 5.50. The molecule has 2 aromatic carbocycles. The standard InChI is InChI=1S/C21H27N/c1-17(2)14-21(22-16-19-10-6-4-7-11-19)15-18(3)20-12-8-5-9-13-20/h4-13,17,21-22H,3,14-16H2,1-2H3/t21-/m0/s1. The number of rotatable bonds is 8. The Morgan fingerprint density at radius 2 is 1.55 bits per heavy atom. The maximum Gasteiger partial charge on any atom is 0.0208 e. The predicted octanol–water partition coefficient (Wildman–Crippen LogP) is 5.29. The van der Waals surface area contributed by atoms with Crippen LogP contribution >= 0.6 is 0 Å². The zero-order valence-corrected chi connectivity index (χ0v) is 13.8. The lowest BCUT2D eigenvalue weighted by molar-refractivity contribution is 0.422. The molecule has 0 aliphatic carbocycles. The molecule has 0 spiro atoms. The van der Waals surface area contributed by atoms with E-state index in [2.05, 4.69) is 86.4 Å². The monoisotopic (exact) mass is 293 g/mol. The maximum atomic E-state index is 4.29. The summed E-state index contributed by atoms with van der Waals surface area (Å²) < 4.78 is 0. The summed E-state index contributed by atoms with van der Waals surface area (Å²) in [7, 11) is 0. The molecule has 116 valence electrons. The molecule has 22 heavy (non-hydrogen) atoms. The highest BCUT2D eigenvalue weighted by atomic mass is 14.9. The zero-order chi connectivity index (χ0) is 15.8. The fourth-order valence-corrected chi connectivity index (χ4v) is 2.76. The Kier molecular flexibility index (Phi) is 6.42. The molecule has 2 rings (SSSR count). The highest BCUT2D eigenvalue weighted by Gasteiger charge is 2.13. The highest BCUT2D eigenvalue weighted by molar-refractivity contribution is 5.63. The van der Waals surface area contributed by atoms with Gasteiger partial charge in [-0.2, -0.15) is 0 Å². The first-order valence-electron chi connectivity index (χ1n) is 8.15. The second kappa shape index (κ2) is 8.55. The largest absolute Gasteiger partial charge is 0.310 e. The van der Waals surface area contributed by atoms with Crippen LogP contribution in [0, 0.1) is 5.92 Å². The molecule has 1 heteroatoms. The Morgan fingerprint density at radius 3 is 2.14 bits per heavy atom. The van der Waals surface area contributed by atoms with Gasteiger partial charge in [-0.15, -0.1) is 0 Å². The Morgan fingerprint density at radius 1 is 0.955 bits per heavy atom. The quantitative estimate of drug-likeness (QED) is 0.697. The van der Waals surface area contributed by atoms with Gasteiger partial charge in [0, 0.05) is 12.6 Å². The molecule has 1 N–H and O–H groups in total. The molecular weight excluding hydrogens is 266 g/mol. The van der Waals surface area contributed by atoms with Crippen LogP contribution in [0.1, 0.15) is 37.8 Å². The summed E-state index contributed by atoms with van der Waals surface area (Å²) >= 11 is 0. The number of hydrogen-bond acceptors (Lipinski definition) is 1. The Bertz CT molecular complexity index is 557. The Hall–Kier alpha value is -1.86. The lowest BCUT2D eigenvalue weighted by Crippen LogP contribution is -2.30. The van der Waals surface area contributed by atoms with Crippen molar-refractivity contribution in [2.45, 2.75) is 39.3 Å². The molecule has 0 saturated carbocycles. The highest BCUT2D eigenvalue weighted by Crippen LogP contribution is 2.21. The van der Waals surface area contributed by atoms with E-state index in [1.165, 1.54) is 23.1 Å². The van der Waals surface area contributed by atoms with Crippen LogP contribution in [0.4, 0.5) is 0 Å². The molecule has 0 bridgehead atoms. The molecule has 0 unspecified atom stereocenters. The van der Waals surface area contributed by atoms with Gasteiger partial charge in [-0.25, -0.2) is 0 Å². The first-order chi connectivity index (χ1) is 10.6. The fourth-order valence-electron chi connectivity index (χ4n) is 2.76. The van der Waals surface area contributed by atoms with E-state index in [9.17, 15) is 0 Å². The van der Waals surface area contributed by atoms with E-state index in [-0.39, 0.29) is 0 Å². The lowest BCUT2D eigenvalue weighted by Gasteiger charge is -2.22. The van der Waals surface area contributed by atoms with Crippen molar-refractivity contribution in [3.05, 3.63) is 78.4 Å². The Labute approximate surface area is 135 Å². The van der Waals surface area contributed by atoms with Crippen molar-refractivity contribution in [2.75, 3.05) is 0 Å². The van der Waals surface area contributed by atoms with Gasteiger partial charge in [0.1, 0.15) is 0 Å². The molecule has 0 heterocycles. The molecule has 2 aromatic rings. The molecule has 0 saturated heterocycles. The van der Waals surface area contributed by atoms with Crippen LogP contribution in [0.3, 0.4) is 0 Å². The van der Waals surface area contributed by atoms with Crippen LogP contribution in [-0.2, 0) is 6.54 Å².